The molecule has 0 bridgehead atoms. The number of rotatable bonds is 3. The van der Waals surface area contributed by atoms with Crippen LogP contribution in [0.2, 0.25) is 0 Å². The normalized spacial score (nSPS) is 16.2. The summed E-state index contributed by atoms with van der Waals surface area (Å²) in [5.74, 6) is 0.0906. The van der Waals surface area contributed by atoms with Crippen LogP contribution in [0.3, 0.4) is 0 Å². The zero-order valence-corrected chi connectivity index (χ0v) is 12.1. The molecule has 19 heavy (non-hydrogen) atoms. The van der Waals surface area contributed by atoms with Gasteiger partial charge in [-0.2, -0.15) is 4.31 Å². The summed E-state index contributed by atoms with van der Waals surface area (Å²) in [4.78, 5) is 1.33. The van der Waals surface area contributed by atoms with Gasteiger partial charge in [0.1, 0.15) is 0 Å². The second-order valence-corrected chi connectivity index (χ2v) is 7.66. The van der Waals surface area contributed by atoms with Crippen LogP contribution in [0.15, 0.2) is 41.8 Å². The number of hydrogen-bond acceptors (Lipinski definition) is 3. The maximum atomic E-state index is 12.4. The number of benzene rings is 1. The minimum absolute atomic E-state index is 0.0906. The first-order chi connectivity index (χ1) is 9.15. The van der Waals surface area contributed by atoms with Crippen molar-refractivity contribution >= 4 is 21.4 Å². The van der Waals surface area contributed by atoms with E-state index < -0.39 is 10.0 Å². The molecule has 3 nitrogen and oxygen atoms in total. The molecule has 100 valence electrons. The Balaban J connectivity index is 1.79. The Morgan fingerprint density at radius 1 is 1.16 bits per heavy atom. The Morgan fingerprint density at radius 3 is 2.74 bits per heavy atom. The van der Waals surface area contributed by atoms with Crippen LogP contribution in [0.5, 0.6) is 0 Å². The summed E-state index contributed by atoms with van der Waals surface area (Å²) in [5.41, 5.74) is 2.01. The van der Waals surface area contributed by atoms with Gasteiger partial charge in [-0.25, -0.2) is 8.42 Å². The summed E-state index contributed by atoms with van der Waals surface area (Å²) in [5, 5.41) is 2.04. The quantitative estimate of drug-likeness (QED) is 0.872. The summed E-state index contributed by atoms with van der Waals surface area (Å²) in [6, 6.07) is 11.4. The number of hydrogen-bond donors (Lipinski definition) is 0. The smallest absolute Gasteiger partial charge is 0.212 e. The van der Waals surface area contributed by atoms with Crippen LogP contribution in [-0.4, -0.2) is 19.3 Å². The van der Waals surface area contributed by atoms with Gasteiger partial charge in [0.05, 0.1) is 5.75 Å². The lowest BCUT2D eigenvalue weighted by molar-refractivity contribution is 0.393. The Bertz CT molecular complexity index is 662. The van der Waals surface area contributed by atoms with Crippen LogP contribution in [0, 0.1) is 0 Å². The van der Waals surface area contributed by atoms with Gasteiger partial charge in [0.25, 0.3) is 0 Å². The molecule has 5 heteroatoms. The van der Waals surface area contributed by atoms with Gasteiger partial charge in [-0.15, -0.1) is 11.3 Å². The fourth-order valence-corrected chi connectivity index (χ4v) is 4.73. The molecule has 0 saturated heterocycles. The topological polar surface area (TPSA) is 37.4 Å². The van der Waals surface area contributed by atoms with E-state index in [1.165, 1.54) is 4.88 Å². The van der Waals surface area contributed by atoms with E-state index in [0.717, 1.165) is 17.5 Å². The zero-order chi connectivity index (χ0) is 13.3. The molecule has 1 aromatic carbocycles. The standard InChI is InChI=1S/C14H15NO2S2/c16-19(17,11-12-4-2-1-3-5-12)15-8-6-14-13(10-15)7-9-18-14/h1-5,7,9H,6,8,10-11H2. The highest BCUT2D eigenvalue weighted by atomic mass is 32.2. The fraction of sp³-hybridized carbons (Fsp3) is 0.286. The van der Waals surface area contributed by atoms with Crippen molar-refractivity contribution in [3.05, 3.63) is 57.8 Å². The van der Waals surface area contributed by atoms with Gasteiger partial charge in [-0.1, -0.05) is 30.3 Å². The monoisotopic (exact) mass is 293 g/mol. The summed E-state index contributed by atoms with van der Waals surface area (Å²) in [6.45, 7) is 1.12. The predicted octanol–water partition coefficient (Wildman–Crippen LogP) is 2.64. The maximum Gasteiger partial charge on any atom is 0.218 e. The first kappa shape index (κ1) is 12.8. The molecule has 0 aliphatic carbocycles. The first-order valence-electron chi connectivity index (χ1n) is 6.22. The molecule has 0 radical (unpaired) electrons. The van der Waals surface area contributed by atoms with E-state index in [1.54, 1.807) is 15.6 Å². The van der Waals surface area contributed by atoms with E-state index in [2.05, 4.69) is 0 Å². The van der Waals surface area contributed by atoms with Gasteiger partial charge in [0.15, 0.2) is 0 Å². The Morgan fingerprint density at radius 2 is 1.95 bits per heavy atom. The van der Waals surface area contributed by atoms with Crippen LogP contribution in [0.25, 0.3) is 0 Å². The predicted molar refractivity (Wildman–Crippen MR) is 77.5 cm³/mol. The first-order valence-corrected chi connectivity index (χ1v) is 8.71. The molecule has 2 aromatic rings. The number of sulfonamides is 1. The maximum absolute atomic E-state index is 12.4. The second kappa shape index (κ2) is 5.07. The van der Waals surface area contributed by atoms with Gasteiger partial charge in [-0.3, -0.25) is 0 Å². The van der Waals surface area contributed by atoms with E-state index in [-0.39, 0.29) is 5.75 Å². The number of fused-ring (bicyclic) bond motifs is 1. The van der Waals surface area contributed by atoms with Crippen LogP contribution >= 0.6 is 11.3 Å². The van der Waals surface area contributed by atoms with Crippen molar-refractivity contribution < 1.29 is 8.42 Å². The van der Waals surface area contributed by atoms with Crippen molar-refractivity contribution in [1.29, 1.82) is 0 Å². The molecule has 1 aliphatic rings. The molecule has 0 unspecified atom stereocenters. The van der Waals surface area contributed by atoms with Gasteiger partial charge in [0, 0.05) is 18.0 Å². The van der Waals surface area contributed by atoms with E-state index in [4.69, 9.17) is 0 Å². The second-order valence-electron chi connectivity index (χ2n) is 4.69. The highest BCUT2D eigenvalue weighted by Crippen LogP contribution is 2.26. The average molecular weight is 293 g/mol. The van der Waals surface area contributed by atoms with Gasteiger partial charge < -0.3 is 0 Å². The molecule has 0 atom stereocenters. The molecule has 0 fully saturated rings. The van der Waals surface area contributed by atoms with E-state index in [0.29, 0.717) is 13.1 Å². The van der Waals surface area contributed by atoms with Crippen LogP contribution in [0.4, 0.5) is 0 Å². The molecule has 0 spiro atoms. The van der Waals surface area contributed by atoms with Gasteiger partial charge in [0.2, 0.25) is 10.0 Å². The number of nitrogens with zero attached hydrogens (tertiary/aromatic N) is 1. The third-order valence-electron chi connectivity index (χ3n) is 3.36. The van der Waals surface area contributed by atoms with Crippen molar-refractivity contribution in [2.24, 2.45) is 0 Å². The van der Waals surface area contributed by atoms with E-state index >= 15 is 0 Å². The van der Waals surface area contributed by atoms with Crippen LogP contribution < -0.4 is 0 Å². The van der Waals surface area contributed by atoms with Crippen molar-refractivity contribution in [3.63, 3.8) is 0 Å². The fourth-order valence-electron chi connectivity index (χ4n) is 2.34. The highest BCUT2D eigenvalue weighted by Gasteiger charge is 2.27. The third-order valence-corrected chi connectivity index (χ3v) is 6.18. The lowest BCUT2D eigenvalue weighted by atomic mass is 10.1. The molecule has 0 amide bonds. The summed E-state index contributed by atoms with van der Waals surface area (Å²) < 4.78 is 26.4. The summed E-state index contributed by atoms with van der Waals surface area (Å²) in [6.07, 6.45) is 0.834. The Labute approximate surface area is 117 Å². The zero-order valence-electron chi connectivity index (χ0n) is 10.5. The van der Waals surface area contributed by atoms with Crippen molar-refractivity contribution in [1.82, 2.24) is 4.31 Å². The van der Waals surface area contributed by atoms with Gasteiger partial charge >= 0.3 is 0 Å². The molecule has 0 N–H and O–H groups in total. The van der Waals surface area contributed by atoms with E-state index in [9.17, 15) is 8.42 Å². The minimum Gasteiger partial charge on any atom is -0.212 e. The molecular formula is C14H15NO2S2. The molecule has 0 saturated carbocycles. The third kappa shape index (κ3) is 2.73. The molecule has 1 aromatic heterocycles. The molecule has 1 aliphatic heterocycles. The van der Waals surface area contributed by atoms with Crippen LogP contribution in [0.1, 0.15) is 16.0 Å². The largest absolute Gasteiger partial charge is 0.218 e. The van der Waals surface area contributed by atoms with E-state index in [1.807, 2.05) is 41.8 Å². The molecular weight excluding hydrogens is 278 g/mol. The Hall–Kier alpha value is -1.17. The highest BCUT2D eigenvalue weighted by molar-refractivity contribution is 7.88. The molecule has 2 heterocycles. The summed E-state index contributed by atoms with van der Waals surface area (Å²) in [7, 11) is -3.22. The van der Waals surface area contributed by atoms with Crippen molar-refractivity contribution in [2.45, 2.75) is 18.7 Å². The molecule has 3 rings (SSSR count). The van der Waals surface area contributed by atoms with Crippen molar-refractivity contribution in [3.8, 4) is 0 Å². The average Bonchev–Trinajstić information content (AvgIpc) is 2.86. The minimum atomic E-state index is -3.22. The lowest BCUT2D eigenvalue weighted by Crippen LogP contribution is -2.36. The Kier molecular flexibility index (Phi) is 3.43. The summed E-state index contributed by atoms with van der Waals surface area (Å²) >= 11 is 1.72. The van der Waals surface area contributed by atoms with Gasteiger partial charge in [-0.05, 0) is 29.0 Å². The number of thiophene rings is 1. The van der Waals surface area contributed by atoms with Crippen LogP contribution in [-0.2, 0) is 28.7 Å². The lowest BCUT2D eigenvalue weighted by Gasteiger charge is -2.26. The van der Waals surface area contributed by atoms with Crippen molar-refractivity contribution in [2.75, 3.05) is 6.54 Å². The SMILES string of the molecule is O=S(=O)(Cc1ccccc1)N1CCc2sccc2C1.